The van der Waals surface area contributed by atoms with Gasteiger partial charge in [-0.2, -0.15) is 0 Å². The summed E-state index contributed by atoms with van der Waals surface area (Å²) in [5.41, 5.74) is -0.321. The number of hydrogen-bond acceptors (Lipinski definition) is 5. The second kappa shape index (κ2) is 6.57. The predicted octanol–water partition coefficient (Wildman–Crippen LogP) is -1.55. The number of rotatable bonds is 3. The predicted molar refractivity (Wildman–Crippen MR) is 64.3 cm³/mol. The third kappa shape index (κ3) is 2.89. The molecule has 1 saturated heterocycles. The molecule has 1 aliphatic heterocycles. The number of carboxylic acid groups (broad SMARTS) is 1. The second-order valence-corrected chi connectivity index (χ2v) is 4.70. The summed E-state index contributed by atoms with van der Waals surface area (Å²) in [5, 5.41) is 10.1. The van der Waals surface area contributed by atoms with Crippen LogP contribution in [0.1, 0.15) is 20.0 Å². The maximum absolute atomic E-state index is 11.6. The molecule has 0 bridgehead atoms. The molecule has 1 aromatic heterocycles. The number of nitrogens with zero attached hydrogens (tertiary/aromatic N) is 2. The number of aliphatic carboxylic acids is 1. The Bertz CT molecular complexity index is 430. The first kappa shape index (κ1) is 15.5. The maximum Gasteiger partial charge on any atom is 1.00 e. The van der Waals surface area contributed by atoms with Gasteiger partial charge in [0.05, 0.1) is 5.69 Å². The van der Waals surface area contributed by atoms with Crippen LogP contribution in [0.25, 0.3) is 0 Å². The summed E-state index contributed by atoms with van der Waals surface area (Å²) in [6, 6.07) is 1.69. The van der Waals surface area contributed by atoms with E-state index in [1.807, 2.05) is 6.26 Å². The smallest absolute Gasteiger partial charge is 1.00 e. The van der Waals surface area contributed by atoms with Gasteiger partial charge in [-0.3, -0.25) is 4.79 Å². The van der Waals surface area contributed by atoms with Gasteiger partial charge in [0, 0.05) is 19.4 Å². The maximum atomic E-state index is 11.6. The Balaban J connectivity index is 0.00000162. The third-order valence-electron chi connectivity index (χ3n) is 3.06. The van der Waals surface area contributed by atoms with E-state index < -0.39 is 11.4 Å². The molecular weight excluding hydrogens is 247 g/mol. The third-order valence-corrected chi connectivity index (χ3v) is 3.62. The van der Waals surface area contributed by atoms with Gasteiger partial charge < -0.3 is 11.3 Å². The minimum absolute atomic E-state index is 0. The van der Waals surface area contributed by atoms with Gasteiger partial charge in [-0.15, -0.1) is 0 Å². The van der Waals surface area contributed by atoms with Crippen molar-refractivity contribution in [3.05, 3.63) is 18.0 Å². The van der Waals surface area contributed by atoms with E-state index in [4.69, 9.17) is 4.74 Å². The Kier molecular flexibility index (Phi) is 5.67. The van der Waals surface area contributed by atoms with Crippen molar-refractivity contribution in [2.45, 2.75) is 23.4 Å². The van der Waals surface area contributed by atoms with Gasteiger partial charge in [-0.1, -0.05) is 11.8 Å². The van der Waals surface area contributed by atoms with Crippen LogP contribution in [0.15, 0.2) is 17.4 Å². The van der Waals surface area contributed by atoms with Crippen molar-refractivity contribution in [2.75, 3.05) is 19.5 Å². The fourth-order valence-electron chi connectivity index (χ4n) is 2.01. The van der Waals surface area contributed by atoms with Crippen molar-refractivity contribution in [2.24, 2.45) is 0 Å². The van der Waals surface area contributed by atoms with Crippen molar-refractivity contribution in [3.63, 3.8) is 0 Å². The number of aromatic nitrogens is 2. The van der Waals surface area contributed by atoms with Gasteiger partial charge in [0.2, 0.25) is 0 Å². The van der Waals surface area contributed by atoms with E-state index in [-0.39, 0.29) is 20.3 Å². The van der Waals surface area contributed by atoms with Gasteiger partial charge in [-0.05, 0) is 25.2 Å². The standard InChI is InChI=1S/C11H14N2O3S.Li.H/c1-17-10-12-5-2-8(13-10)11(9(14)15)3-6-16-7-4-11;;/h2,5H,3-4,6-7H2,1H3,(H,14,15);;/q;+1;-1. The molecule has 5 nitrogen and oxygen atoms in total. The molecule has 0 aromatic carbocycles. The van der Waals surface area contributed by atoms with Crippen molar-refractivity contribution in [1.82, 2.24) is 9.97 Å². The van der Waals surface area contributed by atoms with Crippen LogP contribution in [0.5, 0.6) is 0 Å². The van der Waals surface area contributed by atoms with E-state index in [1.165, 1.54) is 11.8 Å². The largest absolute Gasteiger partial charge is 1.00 e. The molecule has 0 amide bonds. The van der Waals surface area contributed by atoms with Crippen molar-refractivity contribution in [1.29, 1.82) is 0 Å². The molecule has 94 valence electrons. The topological polar surface area (TPSA) is 72.3 Å². The first-order chi connectivity index (χ1) is 8.19. The number of thioether (sulfide) groups is 1. The molecule has 2 rings (SSSR count). The molecule has 1 N–H and O–H groups in total. The quantitative estimate of drug-likeness (QED) is 0.404. The number of carboxylic acids is 1. The van der Waals surface area contributed by atoms with Crippen LogP contribution < -0.4 is 18.9 Å². The molecule has 0 radical (unpaired) electrons. The summed E-state index contributed by atoms with van der Waals surface area (Å²) < 4.78 is 5.24. The molecular formula is C11H15LiN2O3S. The first-order valence-corrected chi connectivity index (χ1v) is 6.60. The van der Waals surface area contributed by atoms with E-state index >= 15 is 0 Å². The van der Waals surface area contributed by atoms with Crippen LogP contribution in [0.2, 0.25) is 0 Å². The Morgan fingerprint density at radius 2 is 2.22 bits per heavy atom. The molecule has 1 aromatic rings. The minimum atomic E-state index is -0.911. The van der Waals surface area contributed by atoms with Crippen LogP contribution in [0.3, 0.4) is 0 Å². The van der Waals surface area contributed by atoms with E-state index in [0.29, 0.717) is 36.9 Å². The average Bonchev–Trinajstić information content (AvgIpc) is 2.39. The van der Waals surface area contributed by atoms with E-state index in [9.17, 15) is 9.90 Å². The fraction of sp³-hybridized carbons (Fsp3) is 0.545. The minimum Gasteiger partial charge on any atom is -1.00 e. The van der Waals surface area contributed by atoms with Crippen LogP contribution in [0, 0.1) is 0 Å². The second-order valence-electron chi connectivity index (χ2n) is 3.93. The normalized spacial score (nSPS) is 17.8. The summed E-state index contributed by atoms with van der Waals surface area (Å²) in [7, 11) is 0. The summed E-state index contributed by atoms with van der Waals surface area (Å²) in [4.78, 5) is 19.9. The molecule has 0 unspecified atom stereocenters. The summed E-state index contributed by atoms with van der Waals surface area (Å²) in [5.74, 6) is -0.827. The molecule has 0 aliphatic carbocycles. The number of carbonyl (C=O) groups is 1. The monoisotopic (exact) mass is 262 g/mol. The van der Waals surface area contributed by atoms with Gasteiger partial charge in [-0.25, -0.2) is 9.97 Å². The molecule has 18 heavy (non-hydrogen) atoms. The average molecular weight is 262 g/mol. The molecule has 2 heterocycles. The van der Waals surface area contributed by atoms with E-state index in [2.05, 4.69) is 9.97 Å². The van der Waals surface area contributed by atoms with Crippen molar-refractivity contribution < 1.29 is 34.9 Å². The van der Waals surface area contributed by atoms with Crippen LogP contribution in [-0.2, 0) is 14.9 Å². The van der Waals surface area contributed by atoms with Gasteiger partial charge in [0.1, 0.15) is 5.41 Å². The Morgan fingerprint density at radius 1 is 1.56 bits per heavy atom. The first-order valence-electron chi connectivity index (χ1n) is 5.38. The van der Waals surface area contributed by atoms with Crippen molar-refractivity contribution >= 4 is 17.7 Å². The van der Waals surface area contributed by atoms with Crippen LogP contribution >= 0.6 is 11.8 Å². The van der Waals surface area contributed by atoms with Crippen LogP contribution in [0.4, 0.5) is 0 Å². The Labute approximate surface area is 123 Å². The van der Waals surface area contributed by atoms with Crippen molar-refractivity contribution in [3.8, 4) is 0 Å². The Hall–Kier alpha value is -0.543. The summed E-state index contributed by atoms with van der Waals surface area (Å²) >= 11 is 1.41. The molecule has 1 fully saturated rings. The summed E-state index contributed by atoms with van der Waals surface area (Å²) in [6.07, 6.45) is 4.42. The summed E-state index contributed by atoms with van der Waals surface area (Å²) in [6.45, 7) is 0.926. The molecule has 0 saturated carbocycles. The fourth-order valence-corrected chi connectivity index (χ4v) is 2.36. The van der Waals surface area contributed by atoms with E-state index in [1.54, 1.807) is 12.3 Å². The van der Waals surface area contributed by atoms with Gasteiger partial charge in [0.25, 0.3) is 0 Å². The SMILES string of the molecule is CSc1nccc(C2(C(=O)O)CCOCC2)n1.[H-].[Li+]. The zero-order valence-electron chi connectivity index (χ0n) is 11.5. The molecule has 0 atom stereocenters. The Morgan fingerprint density at radius 3 is 2.78 bits per heavy atom. The molecule has 1 aliphatic rings. The number of hydrogen-bond donors (Lipinski definition) is 1. The van der Waals surface area contributed by atoms with E-state index in [0.717, 1.165) is 0 Å². The molecule has 7 heteroatoms. The van der Waals surface area contributed by atoms with Gasteiger partial charge in [0.15, 0.2) is 5.16 Å². The molecule has 0 spiro atoms. The van der Waals surface area contributed by atoms with Gasteiger partial charge >= 0.3 is 24.8 Å². The number of ether oxygens (including phenoxy) is 1. The van der Waals surface area contributed by atoms with Crippen LogP contribution in [-0.4, -0.2) is 40.5 Å². The zero-order chi connectivity index (χ0) is 12.3. The zero-order valence-corrected chi connectivity index (χ0v) is 11.4.